The first-order chi connectivity index (χ1) is 21.0. The number of carbonyl (C=O) groups is 3. The quantitative estimate of drug-likeness (QED) is 0.121. The highest BCUT2D eigenvalue weighted by Gasteiger charge is 2.52. The lowest BCUT2D eigenvalue weighted by molar-refractivity contribution is -0.0636. The molecule has 4 atom stereocenters. The standard InChI is InChI=1S/C31H25N3O7S2/c1-42-31-33-26-22(17-32-43-26)34(31)27-25(41-30(37)21-15-9-4-10-16-21)24(40-29(36)20-13-7-3-8-14-20)23(39-27)18-38-28(35)19-11-5-2-6-12-19/h2-17,23-25,27H,18H2,1H3/t23-,24-,25-,27-/m1/s1. The molecule has 43 heavy (non-hydrogen) atoms. The number of nitrogens with zero attached hydrogens (tertiary/aromatic N) is 3. The Balaban J connectivity index is 1.38. The summed E-state index contributed by atoms with van der Waals surface area (Å²) in [5.74, 6) is -1.85. The fourth-order valence-electron chi connectivity index (χ4n) is 4.77. The highest BCUT2D eigenvalue weighted by molar-refractivity contribution is 7.98. The van der Waals surface area contributed by atoms with E-state index in [1.807, 2.05) is 6.26 Å². The summed E-state index contributed by atoms with van der Waals surface area (Å²) in [6.07, 6.45) is -0.735. The number of imidazole rings is 1. The maximum atomic E-state index is 13.4. The van der Waals surface area contributed by atoms with Gasteiger partial charge in [-0.3, -0.25) is 4.57 Å². The third kappa shape index (κ3) is 6.03. The van der Waals surface area contributed by atoms with Crippen LogP contribution < -0.4 is 0 Å². The minimum absolute atomic E-state index is 0.273. The molecule has 0 unspecified atom stereocenters. The molecule has 3 aromatic carbocycles. The van der Waals surface area contributed by atoms with Crippen molar-refractivity contribution < 1.29 is 33.3 Å². The van der Waals surface area contributed by atoms with Crippen molar-refractivity contribution in [3.05, 3.63) is 114 Å². The molecule has 0 N–H and O–H groups in total. The number of aromatic nitrogens is 3. The van der Waals surface area contributed by atoms with E-state index in [-0.39, 0.29) is 6.61 Å². The van der Waals surface area contributed by atoms with E-state index < -0.39 is 42.4 Å². The van der Waals surface area contributed by atoms with Gasteiger partial charge in [-0.05, 0) is 54.2 Å². The molecule has 1 aliphatic heterocycles. The van der Waals surface area contributed by atoms with E-state index in [2.05, 4.69) is 9.36 Å². The highest BCUT2D eigenvalue weighted by atomic mass is 32.2. The van der Waals surface area contributed by atoms with E-state index in [1.165, 1.54) is 23.3 Å². The van der Waals surface area contributed by atoms with E-state index in [4.69, 9.17) is 18.9 Å². The molecule has 218 valence electrons. The molecular formula is C31H25N3O7S2. The van der Waals surface area contributed by atoms with Gasteiger partial charge >= 0.3 is 17.9 Å². The first-order valence-electron chi connectivity index (χ1n) is 13.3. The van der Waals surface area contributed by atoms with Gasteiger partial charge in [0.2, 0.25) is 0 Å². The third-order valence-corrected chi connectivity index (χ3v) is 8.15. The van der Waals surface area contributed by atoms with Crippen LogP contribution in [0.1, 0.15) is 37.3 Å². The van der Waals surface area contributed by atoms with Crippen molar-refractivity contribution in [2.45, 2.75) is 29.7 Å². The molecule has 0 amide bonds. The molecule has 1 fully saturated rings. The summed E-state index contributed by atoms with van der Waals surface area (Å²) in [6, 6.07) is 25.5. The normalized spacial score (nSPS) is 19.7. The molecule has 0 spiro atoms. The first kappa shape index (κ1) is 28.6. The Kier molecular flexibility index (Phi) is 8.50. The van der Waals surface area contributed by atoms with E-state index in [0.29, 0.717) is 32.2 Å². The second-order valence-electron chi connectivity index (χ2n) is 9.49. The lowest BCUT2D eigenvalue weighted by Gasteiger charge is -2.25. The Bertz CT molecular complexity index is 1730. The SMILES string of the molecule is CSc1nc2sncc2n1[C@@H]1O[C@H](COC(=O)c2ccccc2)[C@@H](OC(=O)c2ccccc2)[C@H]1OC(=O)c1ccccc1. The van der Waals surface area contributed by atoms with Gasteiger partial charge in [0.1, 0.15) is 18.2 Å². The molecule has 6 rings (SSSR count). The van der Waals surface area contributed by atoms with Gasteiger partial charge < -0.3 is 18.9 Å². The molecule has 0 radical (unpaired) electrons. The highest BCUT2D eigenvalue weighted by Crippen LogP contribution is 2.40. The molecule has 0 bridgehead atoms. The number of benzene rings is 3. The predicted molar refractivity (Wildman–Crippen MR) is 159 cm³/mol. The summed E-state index contributed by atoms with van der Waals surface area (Å²) in [6.45, 7) is -0.273. The fourth-order valence-corrected chi connectivity index (χ4v) is 6.03. The van der Waals surface area contributed by atoms with Gasteiger partial charge in [-0.2, -0.15) is 4.37 Å². The fraction of sp³-hybridized carbons (Fsp3) is 0.194. The zero-order valence-corrected chi connectivity index (χ0v) is 24.4. The first-order valence-corrected chi connectivity index (χ1v) is 15.3. The van der Waals surface area contributed by atoms with Gasteiger partial charge in [-0.1, -0.05) is 66.4 Å². The van der Waals surface area contributed by atoms with Crippen LogP contribution in [0.25, 0.3) is 10.3 Å². The van der Waals surface area contributed by atoms with Gasteiger partial charge in [0.25, 0.3) is 0 Å². The zero-order chi connectivity index (χ0) is 29.8. The van der Waals surface area contributed by atoms with E-state index in [0.717, 1.165) is 0 Å². The summed E-state index contributed by atoms with van der Waals surface area (Å²) in [7, 11) is 0. The van der Waals surface area contributed by atoms with Gasteiger partial charge in [0, 0.05) is 0 Å². The minimum Gasteiger partial charge on any atom is -0.459 e. The summed E-state index contributed by atoms with van der Waals surface area (Å²) >= 11 is 2.59. The molecule has 2 aromatic heterocycles. The molecule has 3 heterocycles. The molecule has 0 aliphatic carbocycles. The Hall–Kier alpha value is -4.52. The van der Waals surface area contributed by atoms with Crippen molar-refractivity contribution in [1.82, 2.24) is 13.9 Å². The van der Waals surface area contributed by atoms with Crippen LogP contribution in [-0.4, -0.2) is 63.0 Å². The average molecular weight is 616 g/mol. The molecule has 12 heteroatoms. The lowest BCUT2D eigenvalue weighted by Crippen LogP contribution is -2.41. The third-order valence-electron chi connectivity index (χ3n) is 6.81. The molecule has 0 saturated carbocycles. The van der Waals surface area contributed by atoms with Gasteiger partial charge in [0.05, 0.1) is 22.9 Å². The van der Waals surface area contributed by atoms with Crippen LogP contribution in [0.3, 0.4) is 0 Å². The van der Waals surface area contributed by atoms with E-state index in [9.17, 15) is 14.4 Å². The molecular weight excluding hydrogens is 590 g/mol. The second-order valence-corrected chi connectivity index (χ2v) is 11.0. The molecule has 1 saturated heterocycles. The Labute approximate surface area is 254 Å². The van der Waals surface area contributed by atoms with Crippen molar-refractivity contribution >= 4 is 51.5 Å². The Morgan fingerprint density at radius 3 is 1.91 bits per heavy atom. The maximum absolute atomic E-state index is 13.4. The smallest absolute Gasteiger partial charge is 0.338 e. The van der Waals surface area contributed by atoms with Crippen molar-refractivity contribution in [2.75, 3.05) is 12.9 Å². The minimum atomic E-state index is -1.15. The van der Waals surface area contributed by atoms with Crippen molar-refractivity contribution in [1.29, 1.82) is 0 Å². The topological polar surface area (TPSA) is 119 Å². The predicted octanol–water partition coefficient (Wildman–Crippen LogP) is 5.42. The second kappa shape index (κ2) is 12.8. The molecule has 5 aromatic rings. The van der Waals surface area contributed by atoms with E-state index >= 15 is 0 Å². The number of thioether (sulfide) groups is 1. The van der Waals surface area contributed by atoms with Gasteiger partial charge in [-0.25, -0.2) is 19.4 Å². The number of carbonyl (C=O) groups excluding carboxylic acids is 3. The zero-order valence-electron chi connectivity index (χ0n) is 22.8. The van der Waals surface area contributed by atoms with Crippen LogP contribution in [0.5, 0.6) is 0 Å². The van der Waals surface area contributed by atoms with Gasteiger partial charge in [0.15, 0.2) is 28.4 Å². The largest absolute Gasteiger partial charge is 0.459 e. The summed E-state index contributed by atoms with van der Waals surface area (Å²) in [5, 5.41) is 0.587. The van der Waals surface area contributed by atoms with Gasteiger partial charge in [-0.15, -0.1) is 0 Å². The van der Waals surface area contributed by atoms with Crippen molar-refractivity contribution in [2.24, 2.45) is 0 Å². The molecule has 1 aliphatic rings. The lowest BCUT2D eigenvalue weighted by atomic mass is 10.1. The summed E-state index contributed by atoms with van der Waals surface area (Å²) in [5.41, 5.74) is 1.63. The number of rotatable bonds is 9. The number of ether oxygens (including phenoxy) is 4. The van der Waals surface area contributed by atoms with Crippen molar-refractivity contribution in [3.63, 3.8) is 0 Å². The molecule has 10 nitrogen and oxygen atoms in total. The number of fused-ring (bicyclic) bond motifs is 1. The number of hydrogen-bond acceptors (Lipinski definition) is 11. The van der Waals surface area contributed by atoms with Crippen LogP contribution in [0, 0.1) is 0 Å². The average Bonchev–Trinajstić information content (AvgIpc) is 3.74. The Morgan fingerprint density at radius 1 is 0.814 bits per heavy atom. The maximum Gasteiger partial charge on any atom is 0.338 e. The number of hydrogen-bond donors (Lipinski definition) is 0. The van der Waals surface area contributed by atoms with Crippen LogP contribution in [-0.2, 0) is 18.9 Å². The summed E-state index contributed by atoms with van der Waals surface area (Å²) < 4.78 is 30.2. The van der Waals surface area contributed by atoms with Crippen LogP contribution >= 0.6 is 23.3 Å². The monoisotopic (exact) mass is 615 g/mol. The Morgan fingerprint density at radius 2 is 1.35 bits per heavy atom. The number of esters is 3. The van der Waals surface area contributed by atoms with Crippen molar-refractivity contribution in [3.8, 4) is 0 Å². The van der Waals surface area contributed by atoms with Crippen LogP contribution in [0.2, 0.25) is 0 Å². The van der Waals surface area contributed by atoms with Crippen LogP contribution in [0.4, 0.5) is 0 Å². The van der Waals surface area contributed by atoms with Crippen LogP contribution in [0.15, 0.2) is 102 Å². The van der Waals surface area contributed by atoms with E-state index in [1.54, 1.807) is 102 Å². The summed E-state index contributed by atoms with van der Waals surface area (Å²) in [4.78, 5) is 44.9.